The van der Waals surface area contributed by atoms with E-state index in [9.17, 15) is 18.0 Å². The van der Waals surface area contributed by atoms with Gasteiger partial charge in [-0.05, 0) is 24.6 Å². The summed E-state index contributed by atoms with van der Waals surface area (Å²) in [5.41, 5.74) is 0.550. The zero-order valence-corrected chi connectivity index (χ0v) is 19.2. The highest BCUT2D eigenvalue weighted by Gasteiger charge is 2.22. The van der Waals surface area contributed by atoms with Gasteiger partial charge in [-0.25, -0.2) is 13.4 Å². The Balaban J connectivity index is 1.56. The largest absolute Gasteiger partial charge is 0.355 e. The first-order valence-corrected chi connectivity index (χ1v) is 12.4. The van der Waals surface area contributed by atoms with Crippen LogP contribution in [-0.2, 0) is 27.8 Å². The summed E-state index contributed by atoms with van der Waals surface area (Å²) in [6, 6.07) is 10.4. The van der Waals surface area contributed by atoms with E-state index in [2.05, 4.69) is 10.3 Å². The molecule has 3 rings (SSSR count). The Bertz CT molecular complexity index is 1180. The number of carbonyl (C=O) groups is 1. The number of nitrogens with one attached hydrogen (secondary N) is 1. The summed E-state index contributed by atoms with van der Waals surface area (Å²) in [5, 5.41) is 3.80. The zero-order valence-electron chi connectivity index (χ0n) is 17.6. The van der Waals surface area contributed by atoms with Crippen molar-refractivity contribution in [2.75, 3.05) is 19.6 Å². The van der Waals surface area contributed by atoms with Crippen LogP contribution in [0.5, 0.6) is 0 Å². The minimum absolute atomic E-state index is 0.000522. The van der Waals surface area contributed by atoms with E-state index in [1.165, 1.54) is 22.6 Å². The fraction of sp³-hybridized carbons (Fsp3) is 0.381. The van der Waals surface area contributed by atoms with E-state index in [1.807, 2.05) is 24.3 Å². The SMILES string of the molecule is CCN(CC)S(=O)(=O)c1ccc(=O)n(CC(=O)NCCCc2nc3ccccc3s2)c1. The first kappa shape index (κ1) is 23.1. The molecule has 2 heterocycles. The van der Waals surface area contributed by atoms with Gasteiger partial charge in [-0.3, -0.25) is 9.59 Å². The van der Waals surface area contributed by atoms with Gasteiger partial charge in [-0.15, -0.1) is 11.3 Å². The highest BCUT2D eigenvalue weighted by molar-refractivity contribution is 7.89. The summed E-state index contributed by atoms with van der Waals surface area (Å²) in [4.78, 5) is 29.0. The molecule has 8 nitrogen and oxygen atoms in total. The number of carbonyl (C=O) groups excluding carboxylic acids is 1. The molecule has 0 saturated heterocycles. The molecular formula is C21H26N4O4S2. The molecule has 166 valence electrons. The normalized spacial score (nSPS) is 11.8. The fourth-order valence-corrected chi connectivity index (χ4v) is 5.69. The first-order chi connectivity index (χ1) is 14.8. The van der Waals surface area contributed by atoms with E-state index in [4.69, 9.17) is 0 Å². The Morgan fingerprint density at radius 2 is 1.90 bits per heavy atom. The highest BCUT2D eigenvalue weighted by Crippen LogP contribution is 2.22. The predicted octanol–water partition coefficient (Wildman–Crippen LogP) is 2.24. The molecule has 1 aromatic carbocycles. The number of hydrogen-bond donors (Lipinski definition) is 1. The molecule has 0 saturated carbocycles. The van der Waals surface area contributed by atoms with Crippen molar-refractivity contribution in [2.45, 2.75) is 38.1 Å². The number of para-hydroxylation sites is 1. The molecule has 0 spiro atoms. The van der Waals surface area contributed by atoms with Gasteiger partial charge in [0, 0.05) is 38.3 Å². The smallest absolute Gasteiger partial charge is 0.251 e. The predicted molar refractivity (Wildman–Crippen MR) is 122 cm³/mol. The Kier molecular flexibility index (Phi) is 7.58. The maximum Gasteiger partial charge on any atom is 0.251 e. The lowest BCUT2D eigenvalue weighted by Gasteiger charge is -2.19. The number of hydrogen-bond acceptors (Lipinski definition) is 6. The second-order valence-corrected chi connectivity index (χ2v) is 10.0. The van der Waals surface area contributed by atoms with E-state index < -0.39 is 15.6 Å². The minimum Gasteiger partial charge on any atom is -0.355 e. The Hall–Kier alpha value is -2.56. The molecular weight excluding hydrogens is 436 g/mol. The summed E-state index contributed by atoms with van der Waals surface area (Å²) in [6.07, 6.45) is 2.70. The quantitative estimate of drug-likeness (QED) is 0.466. The molecule has 2 aromatic heterocycles. The van der Waals surface area contributed by atoms with Crippen LogP contribution in [0.2, 0.25) is 0 Å². The summed E-state index contributed by atoms with van der Waals surface area (Å²) in [5.74, 6) is -0.344. The van der Waals surface area contributed by atoms with E-state index in [1.54, 1.807) is 25.2 Å². The molecule has 0 radical (unpaired) electrons. The third kappa shape index (κ3) is 5.57. The number of aromatic nitrogens is 2. The topological polar surface area (TPSA) is 101 Å². The van der Waals surface area contributed by atoms with Crippen LogP contribution in [-0.4, -0.2) is 47.8 Å². The number of amides is 1. The van der Waals surface area contributed by atoms with Gasteiger partial charge in [-0.2, -0.15) is 4.31 Å². The number of pyridine rings is 1. The monoisotopic (exact) mass is 462 g/mol. The van der Waals surface area contributed by atoms with Gasteiger partial charge in [0.1, 0.15) is 6.54 Å². The maximum absolute atomic E-state index is 12.7. The zero-order chi connectivity index (χ0) is 22.4. The first-order valence-electron chi connectivity index (χ1n) is 10.2. The third-order valence-corrected chi connectivity index (χ3v) is 7.97. The lowest BCUT2D eigenvalue weighted by Crippen LogP contribution is -2.34. The molecule has 0 aliphatic rings. The molecule has 10 heteroatoms. The van der Waals surface area contributed by atoms with Crippen LogP contribution < -0.4 is 10.9 Å². The molecule has 31 heavy (non-hydrogen) atoms. The maximum atomic E-state index is 12.7. The number of rotatable bonds is 10. The van der Waals surface area contributed by atoms with E-state index in [-0.39, 0.29) is 17.3 Å². The average molecular weight is 463 g/mol. The molecule has 0 bridgehead atoms. The number of thiazole rings is 1. The van der Waals surface area contributed by atoms with Gasteiger partial charge in [-0.1, -0.05) is 26.0 Å². The summed E-state index contributed by atoms with van der Waals surface area (Å²) >= 11 is 1.64. The standard InChI is InChI=1S/C21H26N4O4S2/c1-3-25(4-2)31(28,29)16-11-12-21(27)24(14-16)15-19(26)22-13-7-10-20-23-17-8-5-6-9-18(17)30-20/h5-6,8-9,11-12,14H,3-4,7,10,13,15H2,1-2H3,(H,22,26). The second kappa shape index (κ2) is 10.2. The van der Waals surface area contributed by atoms with Gasteiger partial charge in [0.15, 0.2) is 0 Å². The number of benzene rings is 1. The van der Waals surface area contributed by atoms with Crippen LogP contribution in [0.3, 0.4) is 0 Å². The number of nitrogens with zero attached hydrogens (tertiary/aromatic N) is 3. The van der Waals surface area contributed by atoms with Crippen LogP contribution in [0.1, 0.15) is 25.3 Å². The lowest BCUT2D eigenvalue weighted by atomic mass is 10.3. The van der Waals surface area contributed by atoms with Crippen LogP contribution >= 0.6 is 11.3 Å². The van der Waals surface area contributed by atoms with Crippen LogP contribution in [0.25, 0.3) is 10.2 Å². The molecule has 1 amide bonds. The van der Waals surface area contributed by atoms with E-state index in [0.29, 0.717) is 19.6 Å². The van der Waals surface area contributed by atoms with Crippen molar-refractivity contribution >= 4 is 37.5 Å². The average Bonchev–Trinajstić information content (AvgIpc) is 3.16. The lowest BCUT2D eigenvalue weighted by molar-refractivity contribution is -0.121. The van der Waals surface area contributed by atoms with Gasteiger partial charge in [0.25, 0.3) is 5.56 Å². The van der Waals surface area contributed by atoms with Crippen molar-refractivity contribution in [3.63, 3.8) is 0 Å². The Morgan fingerprint density at radius 1 is 1.16 bits per heavy atom. The van der Waals surface area contributed by atoms with Crippen molar-refractivity contribution in [2.24, 2.45) is 0 Å². The minimum atomic E-state index is -3.70. The van der Waals surface area contributed by atoms with Gasteiger partial charge in [0.2, 0.25) is 15.9 Å². The van der Waals surface area contributed by atoms with Gasteiger partial charge in [0.05, 0.1) is 20.1 Å². The molecule has 0 aliphatic carbocycles. The molecule has 1 N–H and O–H groups in total. The van der Waals surface area contributed by atoms with Crippen molar-refractivity contribution in [1.82, 2.24) is 19.2 Å². The summed E-state index contributed by atoms with van der Waals surface area (Å²) in [7, 11) is -3.70. The van der Waals surface area contributed by atoms with E-state index in [0.717, 1.165) is 32.6 Å². The fourth-order valence-electron chi connectivity index (χ4n) is 3.20. The molecule has 0 fully saturated rings. The second-order valence-electron chi connectivity index (χ2n) is 6.95. The Morgan fingerprint density at radius 3 is 2.61 bits per heavy atom. The van der Waals surface area contributed by atoms with Gasteiger partial charge >= 0.3 is 0 Å². The van der Waals surface area contributed by atoms with Crippen molar-refractivity contribution in [1.29, 1.82) is 0 Å². The number of aryl methyl sites for hydroxylation is 1. The van der Waals surface area contributed by atoms with E-state index >= 15 is 0 Å². The molecule has 3 aromatic rings. The highest BCUT2D eigenvalue weighted by atomic mass is 32.2. The van der Waals surface area contributed by atoms with Crippen LogP contribution in [0.4, 0.5) is 0 Å². The summed E-state index contributed by atoms with van der Waals surface area (Å²) in [6.45, 7) is 4.36. The molecule has 0 unspecified atom stereocenters. The van der Waals surface area contributed by atoms with Crippen molar-refractivity contribution in [3.8, 4) is 0 Å². The molecule has 0 atom stereocenters. The van der Waals surface area contributed by atoms with Crippen molar-refractivity contribution < 1.29 is 13.2 Å². The van der Waals surface area contributed by atoms with Crippen LogP contribution in [0, 0.1) is 0 Å². The number of sulfonamides is 1. The summed E-state index contributed by atoms with van der Waals surface area (Å²) < 4.78 is 28.9. The third-order valence-electron chi connectivity index (χ3n) is 4.84. The Labute approximate surface area is 185 Å². The molecule has 0 aliphatic heterocycles. The van der Waals surface area contributed by atoms with Crippen LogP contribution in [0.15, 0.2) is 52.3 Å². The van der Waals surface area contributed by atoms with Crippen molar-refractivity contribution in [3.05, 3.63) is 58.0 Å². The number of fused-ring (bicyclic) bond motifs is 1. The van der Waals surface area contributed by atoms with Gasteiger partial charge < -0.3 is 9.88 Å².